The number of pyridine rings is 1. The first-order valence-corrected chi connectivity index (χ1v) is 11.3. The van der Waals surface area contributed by atoms with Crippen molar-refractivity contribution in [3.8, 4) is 11.6 Å². The topological polar surface area (TPSA) is 86.1 Å². The second-order valence-electron chi connectivity index (χ2n) is 7.61. The average molecular weight is 437 g/mol. The Hall–Kier alpha value is -3.39. The molecule has 0 aliphatic heterocycles. The van der Waals surface area contributed by atoms with Gasteiger partial charge in [-0.15, -0.1) is 0 Å². The van der Waals surface area contributed by atoms with Crippen molar-refractivity contribution in [1.29, 1.82) is 0 Å². The summed E-state index contributed by atoms with van der Waals surface area (Å²) in [5, 5.41) is 5.55. The Morgan fingerprint density at radius 2 is 1.74 bits per heavy atom. The maximum absolute atomic E-state index is 13.2. The van der Waals surface area contributed by atoms with Gasteiger partial charge in [0.25, 0.3) is 10.0 Å². The van der Waals surface area contributed by atoms with Crippen LogP contribution >= 0.6 is 0 Å². The molecule has 0 aliphatic rings. The molecule has 2 aromatic carbocycles. The largest absolute Gasteiger partial charge is 0.495 e. The van der Waals surface area contributed by atoms with E-state index in [4.69, 9.17) is 9.72 Å². The van der Waals surface area contributed by atoms with Crippen molar-refractivity contribution in [2.75, 3.05) is 11.8 Å². The maximum Gasteiger partial charge on any atom is 0.266 e. The highest BCUT2D eigenvalue weighted by Crippen LogP contribution is 2.29. The number of anilines is 1. The number of ether oxygens (including phenoxy) is 1. The van der Waals surface area contributed by atoms with E-state index in [1.54, 1.807) is 31.2 Å². The van der Waals surface area contributed by atoms with Crippen LogP contribution in [0.5, 0.6) is 5.75 Å². The third-order valence-electron chi connectivity index (χ3n) is 5.13. The van der Waals surface area contributed by atoms with Gasteiger partial charge in [-0.3, -0.25) is 4.72 Å². The first-order valence-electron chi connectivity index (χ1n) is 9.81. The Morgan fingerprint density at radius 1 is 0.968 bits per heavy atom. The van der Waals surface area contributed by atoms with Gasteiger partial charge in [0.15, 0.2) is 5.82 Å². The molecule has 8 heteroatoms. The molecule has 2 heterocycles. The number of hydrogen-bond donors (Lipinski definition) is 1. The Labute approximate surface area is 181 Å². The standard InChI is InChI=1S/C23H24N4O3S/c1-14-9-10-19(30-5)20(11-14)31(28,29)26-22-13-17(4)25-27(22)21-12-16(3)18-8-6-7-15(2)23(18)24-21/h6-13,26H,1-5H3. The van der Waals surface area contributed by atoms with Crippen molar-refractivity contribution in [2.45, 2.75) is 32.6 Å². The third kappa shape index (κ3) is 3.86. The summed E-state index contributed by atoms with van der Waals surface area (Å²) in [5.41, 5.74) is 4.41. The van der Waals surface area contributed by atoms with E-state index in [0.717, 1.165) is 27.6 Å². The maximum atomic E-state index is 13.2. The number of hydrogen-bond acceptors (Lipinski definition) is 5. The molecular formula is C23H24N4O3S. The lowest BCUT2D eigenvalue weighted by molar-refractivity contribution is 0.402. The van der Waals surface area contributed by atoms with Crippen LogP contribution < -0.4 is 9.46 Å². The average Bonchev–Trinajstić information content (AvgIpc) is 3.08. The third-order valence-corrected chi connectivity index (χ3v) is 6.51. The SMILES string of the molecule is COc1ccc(C)cc1S(=O)(=O)Nc1cc(C)nn1-c1cc(C)c2cccc(C)c2n1. The molecule has 160 valence electrons. The molecule has 0 unspecified atom stereocenters. The summed E-state index contributed by atoms with van der Waals surface area (Å²) >= 11 is 0. The van der Waals surface area contributed by atoms with E-state index in [2.05, 4.69) is 9.82 Å². The minimum atomic E-state index is -3.92. The van der Waals surface area contributed by atoms with Crippen LogP contribution in [0.15, 0.2) is 53.4 Å². The van der Waals surface area contributed by atoms with Crippen molar-refractivity contribution >= 4 is 26.7 Å². The van der Waals surface area contributed by atoms with Gasteiger partial charge < -0.3 is 4.74 Å². The lowest BCUT2D eigenvalue weighted by Gasteiger charge is -2.14. The summed E-state index contributed by atoms with van der Waals surface area (Å²) in [7, 11) is -2.47. The number of benzene rings is 2. The molecule has 0 amide bonds. The first kappa shape index (κ1) is 20.9. The van der Waals surface area contributed by atoms with Crippen LogP contribution in [0.25, 0.3) is 16.7 Å². The van der Waals surface area contributed by atoms with Crippen LogP contribution in [0, 0.1) is 27.7 Å². The molecule has 0 fully saturated rings. The van der Waals surface area contributed by atoms with E-state index >= 15 is 0 Å². The van der Waals surface area contributed by atoms with Gasteiger partial charge in [0.2, 0.25) is 0 Å². The fourth-order valence-electron chi connectivity index (χ4n) is 3.59. The van der Waals surface area contributed by atoms with Crippen molar-refractivity contribution in [1.82, 2.24) is 14.8 Å². The number of para-hydroxylation sites is 1. The van der Waals surface area contributed by atoms with E-state index in [9.17, 15) is 8.42 Å². The zero-order valence-corrected chi connectivity index (χ0v) is 18.9. The van der Waals surface area contributed by atoms with Gasteiger partial charge in [-0.1, -0.05) is 24.3 Å². The number of methoxy groups -OCH3 is 1. The van der Waals surface area contributed by atoms with E-state index < -0.39 is 10.0 Å². The fourth-order valence-corrected chi connectivity index (χ4v) is 4.87. The molecule has 1 N–H and O–H groups in total. The van der Waals surface area contributed by atoms with Crippen LogP contribution in [0.1, 0.15) is 22.4 Å². The minimum absolute atomic E-state index is 0.0684. The van der Waals surface area contributed by atoms with E-state index in [1.807, 2.05) is 45.0 Å². The molecular weight excluding hydrogens is 412 g/mol. The van der Waals surface area contributed by atoms with Gasteiger partial charge in [0.1, 0.15) is 16.5 Å². The van der Waals surface area contributed by atoms with Crippen molar-refractivity contribution in [3.05, 3.63) is 70.9 Å². The molecule has 0 aliphatic carbocycles. The van der Waals surface area contributed by atoms with Gasteiger partial charge in [0, 0.05) is 11.5 Å². The highest BCUT2D eigenvalue weighted by atomic mass is 32.2. The highest BCUT2D eigenvalue weighted by Gasteiger charge is 2.23. The number of aromatic nitrogens is 3. The molecule has 0 bridgehead atoms. The predicted molar refractivity (Wildman–Crippen MR) is 122 cm³/mol. The monoisotopic (exact) mass is 436 g/mol. The van der Waals surface area contributed by atoms with Gasteiger partial charge >= 0.3 is 0 Å². The van der Waals surface area contributed by atoms with Gasteiger partial charge in [-0.05, 0) is 62.6 Å². The Morgan fingerprint density at radius 3 is 2.48 bits per heavy atom. The number of fused-ring (bicyclic) bond motifs is 1. The van der Waals surface area contributed by atoms with Crippen molar-refractivity contribution in [3.63, 3.8) is 0 Å². The van der Waals surface area contributed by atoms with Crippen LogP contribution in [-0.2, 0) is 10.0 Å². The Bertz CT molecular complexity index is 1410. The smallest absolute Gasteiger partial charge is 0.266 e. The zero-order valence-electron chi connectivity index (χ0n) is 18.1. The predicted octanol–water partition coefficient (Wildman–Crippen LogP) is 4.46. The van der Waals surface area contributed by atoms with Crippen LogP contribution in [0.2, 0.25) is 0 Å². The lowest BCUT2D eigenvalue weighted by Crippen LogP contribution is -2.17. The summed E-state index contributed by atoms with van der Waals surface area (Å²) in [6, 6.07) is 14.6. The normalized spacial score (nSPS) is 11.6. The lowest BCUT2D eigenvalue weighted by atomic mass is 10.1. The Balaban J connectivity index is 1.83. The van der Waals surface area contributed by atoms with E-state index in [1.165, 1.54) is 11.8 Å². The van der Waals surface area contributed by atoms with Crippen LogP contribution in [0.4, 0.5) is 5.82 Å². The second-order valence-corrected chi connectivity index (χ2v) is 9.26. The zero-order chi connectivity index (χ0) is 22.3. The van der Waals surface area contributed by atoms with Gasteiger partial charge in [-0.25, -0.2) is 13.4 Å². The molecule has 0 saturated carbocycles. The number of sulfonamides is 1. The molecule has 0 atom stereocenters. The van der Waals surface area contributed by atoms with E-state index in [-0.39, 0.29) is 10.6 Å². The van der Waals surface area contributed by atoms with Gasteiger partial charge in [-0.2, -0.15) is 9.78 Å². The summed E-state index contributed by atoms with van der Waals surface area (Å²) in [6.45, 7) is 7.64. The summed E-state index contributed by atoms with van der Waals surface area (Å²) < 4.78 is 35.9. The summed E-state index contributed by atoms with van der Waals surface area (Å²) in [4.78, 5) is 4.84. The minimum Gasteiger partial charge on any atom is -0.495 e. The number of rotatable bonds is 5. The molecule has 0 saturated heterocycles. The number of nitrogens with zero attached hydrogens (tertiary/aromatic N) is 3. The molecule has 4 aromatic rings. The summed E-state index contributed by atoms with van der Waals surface area (Å²) in [6.07, 6.45) is 0. The summed E-state index contributed by atoms with van der Waals surface area (Å²) in [5.74, 6) is 1.12. The number of nitrogens with one attached hydrogen (secondary N) is 1. The fraction of sp³-hybridized carbons (Fsp3) is 0.217. The molecule has 31 heavy (non-hydrogen) atoms. The molecule has 0 spiro atoms. The molecule has 4 rings (SSSR count). The van der Waals surface area contributed by atoms with Crippen LogP contribution in [0.3, 0.4) is 0 Å². The quantitative estimate of drug-likeness (QED) is 0.499. The molecule has 0 radical (unpaired) electrons. The van der Waals surface area contributed by atoms with Crippen LogP contribution in [-0.4, -0.2) is 30.3 Å². The number of aryl methyl sites for hydroxylation is 4. The Kier molecular flexibility index (Phi) is 5.18. The van der Waals surface area contributed by atoms with Gasteiger partial charge in [0.05, 0.1) is 18.3 Å². The van der Waals surface area contributed by atoms with Crippen molar-refractivity contribution < 1.29 is 13.2 Å². The second kappa shape index (κ2) is 7.70. The molecule has 7 nitrogen and oxygen atoms in total. The van der Waals surface area contributed by atoms with E-state index in [0.29, 0.717) is 17.3 Å². The van der Waals surface area contributed by atoms with Crippen molar-refractivity contribution in [2.24, 2.45) is 0 Å². The highest BCUT2D eigenvalue weighted by molar-refractivity contribution is 7.92. The first-order chi connectivity index (χ1) is 14.7. The molecule has 2 aromatic heterocycles.